The quantitative estimate of drug-likeness (QED) is 0.114. The molecule has 56 heavy (non-hydrogen) atoms. The molecule has 0 spiro atoms. The number of halogens is 1. The van der Waals surface area contributed by atoms with E-state index in [4.69, 9.17) is 17.3 Å². The highest BCUT2D eigenvalue weighted by Gasteiger charge is 2.36. The number of likely N-dealkylation sites (N-methyl/N-ethyl adjacent to an activating group) is 1. The van der Waals surface area contributed by atoms with Gasteiger partial charge < -0.3 is 41.9 Å². The van der Waals surface area contributed by atoms with Crippen LogP contribution in [-0.4, -0.2) is 81.5 Å². The topological polar surface area (TPSA) is 235 Å². The highest BCUT2D eigenvalue weighted by Crippen LogP contribution is 2.41. The molecule has 1 heterocycles. The zero-order chi connectivity index (χ0) is 40.7. The Bertz CT molecular complexity index is 2190. The molecule has 5 rings (SSSR count). The molecular weight excluding hydrogens is 740 g/mol. The van der Waals surface area contributed by atoms with Gasteiger partial charge in [-0.3, -0.25) is 19.2 Å². The van der Waals surface area contributed by atoms with Crippen molar-refractivity contribution in [2.24, 2.45) is 5.73 Å². The molecule has 4 aromatic rings. The number of phenols is 2. The van der Waals surface area contributed by atoms with Crippen molar-refractivity contribution < 1.29 is 39.3 Å². The van der Waals surface area contributed by atoms with Crippen molar-refractivity contribution in [3.63, 3.8) is 0 Å². The maximum absolute atomic E-state index is 14.5. The highest BCUT2D eigenvalue weighted by molar-refractivity contribution is 6.30. The van der Waals surface area contributed by atoms with Gasteiger partial charge in [0.15, 0.2) is 0 Å². The number of amides is 4. The second kappa shape index (κ2) is 17.8. The van der Waals surface area contributed by atoms with Crippen LogP contribution >= 0.6 is 11.6 Å². The second-order valence-corrected chi connectivity index (χ2v) is 13.9. The first kappa shape index (κ1) is 40.7. The minimum Gasteiger partial charge on any atom is -0.507 e. The van der Waals surface area contributed by atoms with E-state index in [1.165, 1.54) is 44.3 Å². The molecule has 4 atom stereocenters. The number of nitrogens with two attached hydrogens (primary N) is 1. The zero-order valence-corrected chi connectivity index (χ0v) is 31.3. The molecule has 4 amide bonds. The van der Waals surface area contributed by atoms with E-state index in [1.807, 2.05) is 18.2 Å². The van der Waals surface area contributed by atoms with Gasteiger partial charge in [-0.1, -0.05) is 41.9 Å². The van der Waals surface area contributed by atoms with E-state index in [9.17, 15) is 44.6 Å². The summed E-state index contributed by atoms with van der Waals surface area (Å²) in [6.07, 6.45) is 0.892. The Morgan fingerprint density at radius 1 is 0.946 bits per heavy atom. The standard InChI is InChI=1S/C41H41ClN6O8/c1-22-37(51)47-33(41(55)56)18-23-6-15-34(49)30(17-23)31-20-27(19-28(21-44)36(31)50)35(39(53)45-22)48(2)40(54)32(5-3-4-16-43)46-38(52)26-9-7-24(8-10-26)25-11-13-29(42)14-12-25/h6-15,17,19-20,22,32-33,35,49-50H,3-5,16,18,43H2,1-2H3,(H,45,53)(H,46,52)(H,47,51)(H,55,56). The van der Waals surface area contributed by atoms with Crippen LogP contribution in [0.2, 0.25) is 5.02 Å². The van der Waals surface area contributed by atoms with Gasteiger partial charge in [0.2, 0.25) is 17.7 Å². The monoisotopic (exact) mass is 780 g/mol. The third-order valence-electron chi connectivity index (χ3n) is 9.58. The van der Waals surface area contributed by atoms with Crippen molar-refractivity contribution in [2.45, 2.75) is 56.8 Å². The van der Waals surface area contributed by atoms with Crippen molar-refractivity contribution in [1.29, 1.82) is 5.26 Å². The Balaban J connectivity index is 1.55. The van der Waals surface area contributed by atoms with Crippen LogP contribution < -0.4 is 21.7 Å². The number of benzene rings is 4. The number of carbonyl (C=O) groups excluding carboxylic acids is 4. The Kier molecular flexibility index (Phi) is 13.0. The van der Waals surface area contributed by atoms with Crippen LogP contribution in [-0.2, 0) is 25.6 Å². The van der Waals surface area contributed by atoms with Gasteiger partial charge >= 0.3 is 5.97 Å². The van der Waals surface area contributed by atoms with Crippen LogP contribution in [0.4, 0.5) is 0 Å². The molecule has 290 valence electrons. The summed E-state index contributed by atoms with van der Waals surface area (Å²) in [6, 6.07) is 17.0. The normalized spacial score (nSPS) is 17.3. The van der Waals surface area contributed by atoms with E-state index in [0.29, 0.717) is 30.0 Å². The molecule has 4 aromatic carbocycles. The first-order valence-corrected chi connectivity index (χ1v) is 18.2. The number of carboxylic acid groups (broad SMARTS) is 1. The fraction of sp³-hybridized carbons (Fsp3) is 0.268. The molecule has 14 nitrogen and oxygen atoms in total. The lowest BCUT2D eigenvalue weighted by atomic mass is 9.91. The van der Waals surface area contributed by atoms with Crippen LogP contribution in [0, 0.1) is 11.3 Å². The molecule has 0 radical (unpaired) electrons. The smallest absolute Gasteiger partial charge is 0.326 e. The van der Waals surface area contributed by atoms with E-state index in [-0.39, 0.29) is 46.4 Å². The summed E-state index contributed by atoms with van der Waals surface area (Å²) in [5.74, 6) is -5.21. The van der Waals surface area contributed by atoms with Crippen molar-refractivity contribution in [2.75, 3.05) is 13.6 Å². The lowest BCUT2D eigenvalue weighted by Gasteiger charge is -2.32. The first-order chi connectivity index (χ1) is 26.7. The highest BCUT2D eigenvalue weighted by atomic mass is 35.5. The molecule has 1 aliphatic rings. The Labute approximate surface area is 327 Å². The lowest BCUT2D eigenvalue weighted by molar-refractivity contribution is -0.143. The summed E-state index contributed by atoms with van der Waals surface area (Å²) < 4.78 is 0. The van der Waals surface area contributed by atoms with Crippen molar-refractivity contribution in [3.05, 3.63) is 106 Å². The molecule has 0 saturated carbocycles. The number of hydrogen-bond acceptors (Lipinski definition) is 9. The summed E-state index contributed by atoms with van der Waals surface area (Å²) in [7, 11) is 1.32. The number of carbonyl (C=O) groups is 5. The fourth-order valence-electron chi connectivity index (χ4n) is 6.49. The SMILES string of the molecule is CC1NC(=O)C(N(C)C(=O)C(CCCCN)NC(=O)c2ccc(-c3ccc(Cl)cc3)cc2)c2cc(C#N)c(O)c(c2)-c2cc(ccc2O)CC(C(=O)O)NC1=O. The van der Waals surface area contributed by atoms with Gasteiger partial charge in [0.25, 0.3) is 5.91 Å². The average Bonchev–Trinajstić information content (AvgIpc) is 3.18. The lowest BCUT2D eigenvalue weighted by Crippen LogP contribution is -2.54. The van der Waals surface area contributed by atoms with Crippen molar-refractivity contribution in [1.82, 2.24) is 20.9 Å². The predicted octanol–water partition coefficient (Wildman–Crippen LogP) is 4.01. The summed E-state index contributed by atoms with van der Waals surface area (Å²) in [5, 5.41) is 50.4. The number of phenolic OH excluding ortho intramolecular Hbond substituents is 2. The molecule has 4 unspecified atom stereocenters. The minimum atomic E-state index is -1.57. The van der Waals surface area contributed by atoms with Crippen LogP contribution in [0.25, 0.3) is 22.3 Å². The molecular formula is C41H41ClN6O8. The second-order valence-electron chi connectivity index (χ2n) is 13.5. The van der Waals surface area contributed by atoms with Gasteiger partial charge in [-0.05, 0) is 104 Å². The third kappa shape index (κ3) is 9.26. The van der Waals surface area contributed by atoms with E-state index in [2.05, 4.69) is 16.0 Å². The van der Waals surface area contributed by atoms with Crippen LogP contribution in [0.5, 0.6) is 11.5 Å². The van der Waals surface area contributed by atoms with Gasteiger partial charge in [-0.15, -0.1) is 0 Å². The molecule has 0 fully saturated rings. The Morgan fingerprint density at radius 3 is 2.23 bits per heavy atom. The fourth-order valence-corrected chi connectivity index (χ4v) is 6.62. The first-order valence-electron chi connectivity index (χ1n) is 17.8. The van der Waals surface area contributed by atoms with E-state index < -0.39 is 59.5 Å². The number of carboxylic acids is 1. The van der Waals surface area contributed by atoms with Crippen LogP contribution in [0.3, 0.4) is 0 Å². The number of aromatic hydroxyl groups is 2. The van der Waals surface area contributed by atoms with Gasteiger partial charge in [-0.2, -0.15) is 5.26 Å². The minimum absolute atomic E-state index is 0.00128. The molecule has 8 N–H and O–H groups in total. The zero-order valence-electron chi connectivity index (χ0n) is 30.6. The third-order valence-corrected chi connectivity index (χ3v) is 9.84. The van der Waals surface area contributed by atoms with E-state index in [1.54, 1.807) is 36.4 Å². The summed E-state index contributed by atoms with van der Waals surface area (Å²) in [4.78, 5) is 68.8. The Hall–Kier alpha value is -6.43. The van der Waals surface area contributed by atoms with E-state index >= 15 is 0 Å². The average molecular weight is 781 g/mol. The predicted molar refractivity (Wildman–Crippen MR) is 207 cm³/mol. The number of nitriles is 1. The van der Waals surface area contributed by atoms with Crippen molar-refractivity contribution >= 4 is 41.2 Å². The van der Waals surface area contributed by atoms with Gasteiger partial charge in [-0.25, -0.2) is 4.79 Å². The number of nitrogens with one attached hydrogen (secondary N) is 3. The number of nitrogens with zero attached hydrogens (tertiary/aromatic N) is 2. The van der Waals surface area contributed by atoms with Gasteiger partial charge in [0, 0.05) is 35.2 Å². The Morgan fingerprint density at radius 2 is 1.61 bits per heavy atom. The molecule has 15 heteroatoms. The van der Waals surface area contributed by atoms with Crippen LogP contribution in [0.15, 0.2) is 78.9 Å². The molecule has 4 bridgehead atoms. The summed E-state index contributed by atoms with van der Waals surface area (Å²) >= 11 is 6.02. The maximum Gasteiger partial charge on any atom is 0.326 e. The summed E-state index contributed by atoms with van der Waals surface area (Å²) in [5.41, 5.74) is 7.74. The molecule has 0 saturated heterocycles. The maximum atomic E-state index is 14.5. The number of rotatable bonds is 10. The largest absolute Gasteiger partial charge is 0.507 e. The van der Waals surface area contributed by atoms with E-state index in [0.717, 1.165) is 16.0 Å². The van der Waals surface area contributed by atoms with Gasteiger partial charge in [0.05, 0.1) is 5.56 Å². The number of hydrogen-bond donors (Lipinski definition) is 7. The molecule has 1 aliphatic heterocycles. The number of aliphatic carboxylic acids is 1. The summed E-state index contributed by atoms with van der Waals surface area (Å²) in [6.45, 7) is 1.67. The van der Waals surface area contributed by atoms with Gasteiger partial charge in [0.1, 0.15) is 41.7 Å². The molecule has 0 aliphatic carbocycles. The van der Waals surface area contributed by atoms with Crippen LogP contribution in [0.1, 0.15) is 59.3 Å². The number of fused-ring (bicyclic) bond motifs is 5. The molecule has 0 aromatic heterocycles. The number of unbranched alkanes of at least 4 members (excludes halogenated alkanes) is 1. The van der Waals surface area contributed by atoms with Crippen molar-refractivity contribution in [3.8, 4) is 39.8 Å².